The van der Waals surface area contributed by atoms with Crippen LogP contribution in [0.15, 0.2) is 18.2 Å². The van der Waals surface area contributed by atoms with Gasteiger partial charge in [-0.1, -0.05) is 29.3 Å². The molecule has 2 rings (SSSR count). The first-order valence-corrected chi connectivity index (χ1v) is 7.56. The second-order valence-corrected chi connectivity index (χ2v) is 6.27. The van der Waals surface area contributed by atoms with Gasteiger partial charge in [0.05, 0.1) is 18.8 Å². The van der Waals surface area contributed by atoms with Gasteiger partial charge < -0.3 is 9.84 Å². The number of morpholine rings is 1. The molecule has 1 fully saturated rings. The zero-order valence-electron chi connectivity index (χ0n) is 13.1. The number of ether oxygens (including phenoxy) is 1. The van der Waals surface area contributed by atoms with Crippen LogP contribution in [0.2, 0.25) is 0 Å². The average molecular weight is 277 g/mol. The molecule has 0 aliphatic carbocycles. The van der Waals surface area contributed by atoms with Crippen molar-refractivity contribution < 1.29 is 9.84 Å². The predicted octanol–water partition coefficient (Wildman–Crippen LogP) is 2.32. The van der Waals surface area contributed by atoms with E-state index in [-0.39, 0.29) is 6.10 Å². The van der Waals surface area contributed by atoms with Gasteiger partial charge in [0.1, 0.15) is 0 Å². The van der Waals surface area contributed by atoms with Crippen LogP contribution < -0.4 is 0 Å². The summed E-state index contributed by atoms with van der Waals surface area (Å²) in [5.74, 6) is 0. The molecule has 1 N–H and O–H groups in total. The molecule has 3 heteroatoms. The molecule has 1 saturated heterocycles. The first kappa shape index (κ1) is 15.5. The van der Waals surface area contributed by atoms with Crippen molar-refractivity contribution in [2.75, 3.05) is 19.7 Å². The molecule has 1 aromatic rings. The molecule has 0 spiro atoms. The number of hydrogen-bond acceptors (Lipinski definition) is 3. The topological polar surface area (TPSA) is 32.7 Å². The molecule has 0 bridgehead atoms. The van der Waals surface area contributed by atoms with Crippen LogP contribution in [0.5, 0.6) is 0 Å². The standard InChI is InChI=1S/C17H27NO2/c1-12(2)18-5-6-20-17(11-18)16(19)10-15-8-13(3)7-14(4)9-15/h7-9,12,16-17,19H,5-6,10-11H2,1-4H3. The van der Waals surface area contributed by atoms with Crippen LogP contribution in [0.4, 0.5) is 0 Å². The number of hydrogen-bond donors (Lipinski definition) is 1. The lowest BCUT2D eigenvalue weighted by atomic mass is 9.99. The van der Waals surface area contributed by atoms with Crippen molar-refractivity contribution in [3.8, 4) is 0 Å². The quantitative estimate of drug-likeness (QED) is 0.917. The maximum Gasteiger partial charge on any atom is 0.0964 e. The van der Waals surface area contributed by atoms with Gasteiger partial charge >= 0.3 is 0 Å². The van der Waals surface area contributed by atoms with Gasteiger partial charge in [-0.15, -0.1) is 0 Å². The molecule has 0 aromatic heterocycles. The molecular weight excluding hydrogens is 250 g/mol. The number of aliphatic hydroxyl groups excluding tert-OH is 1. The van der Waals surface area contributed by atoms with Gasteiger partial charge in [0.15, 0.2) is 0 Å². The van der Waals surface area contributed by atoms with E-state index >= 15 is 0 Å². The fourth-order valence-electron chi connectivity index (χ4n) is 2.96. The van der Waals surface area contributed by atoms with Gasteiger partial charge in [0, 0.05) is 25.6 Å². The number of benzene rings is 1. The molecule has 1 aliphatic heterocycles. The Kier molecular flexibility index (Phi) is 5.19. The smallest absolute Gasteiger partial charge is 0.0964 e. The summed E-state index contributed by atoms with van der Waals surface area (Å²) in [6.45, 7) is 11.1. The molecule has 1 aliphatic rings. The third-order valence-electron chi connectivity index (χ3n) is 4.01. The molecule has 112 valence electrons. The molecule has 2 unspecified atom stereocenters. The van der Waals surface area contributed by atoms with Crippen molar-refractivity contribution in [2.45, 2.75) is 52.4 Å². The van der Waals surface area contributed by atoms with Crippen LogP contribution in [0.1, 0.15) is 30.5 Å². The van der Waals surface area contributed by atoms with E-state index in [0.717, 1.165) is 13.1 Å². The average Bonchev–Trinajstić information content (AvgIpc) is 2.37. The van der Waals surface area contributed by atoms with Gasteiger partial charge in [-0.2, -0.15) is 0 Å². The highest BCUT2D eigenvalue weighted by molar-refractivity contribution is 5.29. The molecule has 20 heavy (non-hydrogen) atoms. The van der Waals surface area contributed by atoms with E-state index in [1.165, 1.54) is 16.7 Å². The van der Waals surface area contributed by atoms with Crippen molar-refractivity contribution in [3.05, 3.63) is 34.9 Å². The Balaban J connectivity index is 1.98. The summed E-state index contributed by atoms with van der Waals surface area (Å²) in [6.07, 6.45) is 0.156. The zero-order valence-corrected chi connectivity index (χ0v) is 13.1. The maximum absolute atomic E-state index is 10.5. The van der Waals surface area contributed by atoms with Crippen LogP contribution in [0.3, 0.4) is 0 Å². The number of aliphatic hydroxyl groups is 1. The fraction of sp³-hybridized carbons (Fsp3) is 0.647. The zero-order chi connectivity index (χ0) is 14.7. The van der Waals surface area contributed by atoms with Crippen molar-refractivity contribution in [1.29, 1.82) is 0 Å². The monoisotopic (exact) mass is 277 g/mol. The Hall–Kier alpha value is -0.900. The molecular formula is C17H27NO2. The van der Waals surface area contributed by atoms with Crippen molar-refractivity contribution in [3.63, 3.8) is 0 Å². The first-order chi connectivity index (χ1) is 9.45. The Morgan fingerprint density at radius 1 is 1.25 bits per heavy atom. The largest absolute Gasteiger partial charge is 0.390 e. The normalized spacial score (nSPS) is 22.2. The van der Waals surface area contributed by atoms with E-state index in [9.17, 15) is 5.11 Å². The van der Waals surface area contributed by atoms with Gasteiger partial charge in [0.25, 0.3) is 0 Å². The third-order valence-corrected chi connectivity index (χ3v) is 4.01. The van der Waals surface area contributed by atoms with Crippen LogP contribution in [-0.4, -0.2) is 48.0 Å². The molecule has 3 nitrogen and oxygen atoms in total. The summed E-state index contributed by atoms with van der Waals surface area (Å²) in [7, 11) is 0. The molecule has 1 heterocycles. The Morgan fingerprint density at radius 3 is 2.50 bits per heavy atom. The lowest BCUT2D eigenvalue weighted by molar-refractivity contribution is -0.0940. The second-order valence-electron chi connectivity index (χ2n) is 6.27. The number of aryl methyl sites for hydroxylation is 2. The van der Waals surface area contributed by atoms with Crippen LogP contribution in [0, 0.1) is 13.8 Å². The van der Waals surface area contributed by atoms with E-state index in [1.807, 2.05) is 0 Å². The van der Waals surface area contributed by atoms with Gasteiger partial charge in [-0.05, 0) is 33.3 Å². The minimum absolute atomic E-state index is 0.0769. The highest BCUT2D eigenvalue weighted by Crippen LogP contribution is 2.17. The molecule has 0 amide bonds. The Morgan fingerprint density at radius 2 is 1.90 bits per heavy atom. The van der Waals surface area contributed by atoms with E-state index in [1.54, 1.807) is 0 Å². The Bertz CT molecular complexity index is 424. The lowest BCUT2D eigenvalue weighted by Gasteiger charge is -2.37. The van der Waals surface area contributed by atoms with E-state index in [0.29, 0.717) is 19.1 Å². The van der Waals surface area contributed by atoms with Crippen molar-refractivity contribution >= 4 is 0 Å². The highest BCUT2D eigenvalue weighted by atomic mass is 16.5. The van der Waals surface area contributed by atoms with E-state index in [4.69, 9.17) is 4.74 Å². The van der Waals surface area contributed by atoms with Crippen LogP contribution >= 0.6 is 0 Å². The Labute approximate surface area is 122 Å². The summed E-state index contributed by atoms with van der Waals surface area (Å²) in [5, 5.41) is 10.5. The first-order valence-electron chi connectivity index (χ1n) is 7.56. The van der Waals surface area contributed by atoms with Gasteiger partial charge in [-0.3, -0.25) is 4.90 Å². The van der Waals surface area contributed by atoms with Gasteiger partial charge in [-0.25, -0.2) is 0 Å². The number of nitrogens with zero attached hydrogens (tertiary/aromatic N) is 1. The predicted molar refractivity (Wildman–Crippen MR) is 82.1 cm³/mol. The minimum atomic E-state index is -0.433. The fourth-order valence-corrected chi connectivity index (χ4v) is 2.96. The SMILES string of the molecule is Cc1cc(C)cc(CC(O)C2CN(C(C)C)CCO2)c1. The van der Waals surface area contributed by atoms with Gasteiger partial charge in [0.2, 0.25) is 0 Å². The summed E-state index contributed by atoms with van der Waals surface area (Å²) in [5.41, 5.74) is 3.70. The number of rotatable bonds is 4. The summed E-state index contributed by atoms with van der Waals surface area (Å²) >= 11 is 0. The third kappa shape index (κ3) is 4.05. The minimum Gasteiger partial charge on any atom is -0.390 e. The summed E-state index contributed by atoms with van der Waals surface area (Å²) < 4.78 is 5.76. The van der Waals surface area contributed by atoms with Crippen LogP contribution in [0.25, 0.3) is 0 Å². The summed E-state index contributed by atoms with van der Waals surface area (Å²) in [4.78, 5) is 2.37. The molecule has 1 aromatic carbocycles. The van der Waals surface area contributed by atoms with Crippen molar-refractivity contribution in [1.82, 2.24) is 4.90 Å². The molecule has 0 saturated carbocycles. The lowest BCUT2D eigenvalue weighted by Crippen LogP contribution is -2.50. The molecule has 2 atom stereocenters. The summed E-state index contributed by atoms with van der Waals surface area (Å²) in [6, 6.07) is 6.97. The van der Waals surface area contributed by atoms with E-state index in [2.05, 4.69) is 50.8 Å². The maximum atomic E-state index is 10.5. The molecule has 0 radical (unpaired) electrons. The highest BCUT2D eigenvalue weighted by Gasteiger charge is 2.28. The van der Waals surface area contributed by atoms with Crippen molar-refractivity contribution in [2.24, 2.45) is 0 Å². The van der Waals surface area contributed by atoms with E-state index < -0.39 is 6.10 Å². The second kappa shape index (κ2) is 6.70. The van der Waals surface area contributed by atoms with Crippen LogP contribution in [-0.2, 0) is 11.2 Å².